The van der Waals surface area contributed by atoms with Crippen LogP contribution >= 0.6 is 11.8 Å². The number of carbonyl (C=O) groups is 1. The zero-order valence-corrected chi connectivity index (χ0v) is 19.2. The summed E-state index contributed by atoms with van der Waals surface area (Å²) in [5, 5.41) is 3.37. The van der Waals surface area contributed by atoms with Crippen molar-refractivity contribution in [2.45, 2.75) is 67.6 Å². The van der Waals surface area contributed by atoms with Crippen LogP contribution in [0.1, 0.15) is 50.3 Å². The van der Waals surface area contributed by atoms with Gasteiger partial charge in [-0.05, 0) is 62.9 Å². The van der Waals surface area contributed by atoms with E-state index in [9.17, 15) is 18.0 Å². The minimum absolute atomic E-state index is 0.0107. The lowest BCUT2D eigenvalue weighted by atomic mass is 9.98. The van der Waals surface area contributed by atoms with Crippen LogP contribution in [0.5, 0.6) is 0 Å². The number of rotatable bonds is 2. The summed E-state index contributed by atoms with van der Waals surface area (Å²) in [5.74, 6) is 0. The van der Waals surface area contributed by atoms with Crippen molar-refractivity contribution < 1.29 is 22.7 Å². The largest absolute Gasteiger partial charge is 0.444 e. The molecular weight excluding hydrogens is 437 g/mol. The minimum atomic E-state index is -4.41. The molecule has 0 aromatic heterocycles. The number of nitrogens with zero attached hydrogens (tertiary/aromatic N) is 1. The normalized spacial score (nSPS) is 16.9. The van der Waals surface area contributed by atoms with Crippen molar-refractivity contribution in [2.75, 3.05) is 18.4 Å². The van der Waals surface area contributed by atoms with Crippen LogP contribution in [0, 0.1) is 0 Å². The highest BCUT2D eigenvalue weighted by Crippen LogP contribution is 2.45. The summed E-state index contributed by atoms with van der Waals surface area (Å²) >= 11 is 1.39. The smallest absolute Gasteiger partial charge is 0.416 e. The fraction of sp³-hybridized carbons (Fsp3) is 0.458. The number of ether oxygens (including phenoxy) is 1. The van der Waals surface area contributed by atoms with Gasteiger partial charge in [0.05, 0.1) is 5.56 Å². The van der Waals surface area contributed by atoms with E-state index >= 15 is 0 Å². The SMILES string of the molecule is CC(C)(C)OC(=O)N1CCC(Nc2cc(C(F)(F)F)cc3c2Cc2ccccc2S3)CC1. The lowest BCUT2D eigenvalue weighted by molar-refractivity contribution is -0.137. The van der Waals surface area contributed by atoms with Crippen LogP contribution in [0.4, 0.5) is 23.7 Å². The standard InChI is InChI=1S/C24H27F3N2O2S/c1-23(2,3)31-22(30)29-10-8-17(9-11-29)28-19-13-16(24(25,26)27)14-21-18(19)12-15-6-4-5-7-20(15)32-21/h4-7,13-14,17,28H,8-12H2,1-3H3. The van der Waals surface area contributed by atoms with Gasteiger partial charge < -0.3 is 15.0 Å². The molecule has 4 nitrogen and oxygen atoms in total. The van der Waals surface area contributed by atoms with Gasteiger partial charge in [-0.2, -0.15) is 13.2 Å². The highest BCUT2D eigenvalue weighted by Gasteiger charge is 2.34. The molecule has 2 aliphatic heterocycles. The molecule has 4 rings (SSSR count). The van der Waals surface area contributed by atoms with E-state index in [0.717, 1.165) is 16.0 Å². The van der Waals surface area contributed by atoms with E-state index in [0.29, 0.717) is 42.9 Å². The van der Waals surface area contributed by atoms with E-state index in [1.165, 1.54) is 23.9 Å². The predicted octanol–water partition coefficient (Wildman–Crippen LogP) is 6.57. The molecule has 32 heavy (non-hydrogen) atoms. The maximum Gasteiger partial charge on any atom is 0.416 e. The monoisotopic (exact) mass is 464 g/mol. The number of fused-ring (bicyclic) bond motifs is 2. The van der Waals surface area contributed by atoms with Gasteiger partial charge in [-0.15, -0.1) is 0 Å². The molecule has 2 aromatic rings. The first kappa shape index (κ1) is 22.8. The number of nitrogens with one attached hydrogen (secondary N) is 1. The lowest BCUT2D eigenvalue weighted by Gasteiger charge is -2.35. The van der Waals surface area contributed by atoms with Crippen LogP contribution in [-0.4, -0.2) is 35.7 Å². The van der Waals surface area contributed by atoms with Crippen molar-refractivity contribution in [2.24, 2.45) is 0 Å². The molecule has 0 bridgehead atoms. The van der Waals surface area contributed by atoms with E-state index in [2.05, 4.69) is 5.32 Å². The van der Waals surface area contributed by atoms with Crippen LogP contribution in [-0.2, 0) is 17.3 Å². The molecule has 2 aromatic carbocycles. The summed E-state index contributed by atoms with van der Waals surface area (Å²) in [6, 6.07) is 10.3. The quantitative estimate of drug-likeness (QED) is 0.466. The van der Waals surface area contributed by atoms with Gasteiger partial charge in [0.15, 0.2) is 0 Å². The Morgan fingerprint density at radius 2 is 1.78 bits per heavy atom. The third-order valence-corrected chi connectivity index (χ3v) is 6.80. The number of alkyl halides is 3. The Labute approximate surface area is 190 Å². The highest BCUT2D eigenvalue weighted by atomic mass is 32.2. The predicted molar refractivity (Wildman–Crippen MR) is 119 cm³/mol. The van der Waals surface area contributed by atoms with Gasteiger partial charge in [0.2, 0.25) is 0 Å². The second-order valence-corrected chi connectivity index (χ2v) is 10.4. The maximum absolute atomic E-state index is 13.6. The molecule has 2 aliphatic rings. The van der Waals surface area contributed by atoms with Gasteiger partial charge >= 0.3 is 12.3 Å². The summed E-state index contributed by atoms with van der Waals surface area (Å²) in [4.78, 5) is 15.6. The second-order valence-electron chi connectivity index (χ2n) is 9.27. The third-order valence-electron chi connectivity index (χ3n) is 5.60. The van der Waals surface area contributed by atoms with E-state index in [-0.39, 0.29) is 12.1 Å². The molecular formula is C24H27F3N2O2S. The molecule has 0 spiro atoms. The molecule has 0 radical (unpaired) electrons. The average molecular weight is 465 g/mol. The van der Waals surface area contributed by atoms with Crippen LogP contribution in [0.25, 0.3) is 0 Å². The van der Waals surface area contributed by atoms with Gasteiger partial charge in [-0.25, -0.2) is 4.79 Å². The van der Waals surface area contributed by atoms with E-state index in [1.807, 2.05) is 45.0 Å². The van der Waals surface area contributed by atoms with Gasteiger partial charge in [0, 0.05) is 41.0 Å². The zero-order valence-electron chi connectivity index (χ0n) is 18.4. The Balaban J connectivity index is 1.52. The Hall–Kier alpha value is -2.35. The van der Waals surface area contributed by atoms with E-state index in [1.54, 1.807) is 4.90 Å². The number of likely N-dealkylation sites (tertiary alicyclic amines) is 1. The molecule has 1 fully saturated rings. The van der Waals surface area contributed by atoms with Crippen LogP contribution < -0.4 is 5.32 Å². The summed E-state index contributed by atoms with van der Waals surface area (Å²) in [6.45, 7) is 6.49. The number of benzene rings is 2. The molecule has 8 heteroatoms. The molecule has 1 saturated heterocycles. The number of hydrogen-bond donors (Lipinski definition) is 1. The Morgan fingerprint density at radius 1 is 1.09 bits per heavy atom. The number of halogens is 3. The number of piperidine rings is 1. The van der Waals surface area contributed by atoms with Crippen LogP contribution in [0.3, 0.4) is 0 Å². The summed E-state index contributed by atoms with van der Waals surface area (Å²) in [5.41, 5.74) is 1.35. The molecule has 0 saturated carbocycles. The first-order chi connectivity index (χ1) is 15.0. The first-order valence-corrected chi connectivity index (χ1v) is 11.6. The van der Waals surface area contributed by atoms with Crippen molar-refractivity contribution >= 4 is 23.5 Å². The molecule has 1 amide bonds. The third kappa shape index (κ3) is 5.17. The lowest BCUT2D eigenvalue weighted by Crippen LogP contribution is -2.44. The van der Waals surface area contributed by atoms with Crippen LogP contribution in [0.15, 0.2) is 46.2 Å². The average Bonchev–Trinajstić information content (AvgIpc) is 2.71. The molecule has 1 N–H and O–H groups in total. The van der Waals surface area contributed by atoms with Gasteiger partial charge in [0.1, 0.15) is 5.60 Å². The number of amides is 1. The van der Waals surface area contributed by atoms with Crippen LogP contribution in [0.2, 0.25) is 0 Å². The Kier molecular flexibility index (Phi) is 6.09. The minimum Gasteiger partial charge on any atom is -0.444 e. The second kappa shape index (κ2) is 8.54. The summed E-state index contributed by atoms with van der Waals surface area (Å²) < 4.78 is 46.2. The number of anilines is 1. The maximum atomic E-state index is 13.6. The zero-order chi connectivity index (χ0) is 23.1. The number of carbonyl (C=O) groups excluding carboxylic acids is 1. The van der Waals surface area contributed by atoms with E-state index in [4.69, 9.17) is 4.74 Å². The first-order valence-electron chi connectivity index (χ1n) is 10.7. The summed E-state index contributed by atoms with van der Waals surface area (Å²) in [6.07, 6.45) is -2.87. The fourth-order valence-electron chi connectivity index (χ4n) is 4.02. The van der Waals surface area contributed by atoms with Gasteiger partial charge in [-0.3, -0.25) is 0 Å². The Morgan fingerprint density at radius 3 is 2.44 bits per heavy atom. The molecule has 0 atom stereocenters. The van der Waals surface area contributed by atoms with Gasteiger partial charge in [-0.1, -0.05) is 30.0 Å². The molecule has 0 unspecified atom stereocenters. The van der Waals surface area contributed by atoms with Crippen molar-refractivity contribution in [3.8, 4) is 0 Å². The van der Waals surface area contributed by atoms with Crippen molar-refractivity contribution in [3.63, 3.8) is 0 Å². The fourth-order valence-corrected chi connectivity index (χ4v) is 5.17. The van der Waals surface area contributed by atoms with Crippen molar-refractivity contribution in [3.05, 3.63) is 53.1 Å². The molecule has 2 heterocycles. The van der Waals surface area contributed by atoms with E-state index < -0.39 is 17.3 Å². The molecule has 0 aliphatic carbocycles. The van der Waals surface area contributed by atoms with Crippen molar-refractivity contribution in [1.82, 2.24) is 4.90 Å². The van der Waals surface area contributed by atoms with Crippen molar-refractivity contribution in [1.29, 1.82) is 0 Å². The van der Waals surface area contributed by atoms with Gasteiger partial charge in [0.25, 0.3) is 0 Å². The summed E-state index contributed by atoms with van der Waals surface area (Å²) in [7, 11) is 0. The molecule has 172 valence electrons. The topological polar surface area (TPSA) is 41.6 Å². The highest BCUT2D eigenvalue weighted by molar-refractivity contribution is 7.99. The Bertz CT molecular complexity index is 1010. The number of hydrogen-bond acceptors (Lipinski definition) is 4.